The topological polar surface area (TPSA) is 54.5 Å². The monoisotopic (exact) mass is 345 g/mol. The molecule has 1 amide bonds. The zero-order valence-corrected chi connectivity index (χ0v) is 15.0. The van der Waals surface area contributed by atoms with Crippen molar-refractivity contribution in [1.82, 2.24) is 15.2 Å². The summed E-state index contributed by atoms with van der Waals surface area (Å²) in [4.78, 5) is 17.9. The summed E-state index contributed by atoms with van der Waals surface area (Å²) in [5, 5.41) is 2.88. The van der Waals surface area contributed by atoms with E-state index >= 15 is 0 Å². The van der Waals surface area contributed by atoms with Gasteiger partial charge in [0.05, 0.1) is 18.8 Å². The molecule has 0 radical (unpaired) electrons. The second kappa shape index (κ2) is 8.58. The number of rotatable bonds is 7. The van der Waals surface area contributed by atoms with Crippen LogP contribution in [0.1, 0.15) is 32.4 Å². The van der Waals surface area contributed by atoms with E-state index in [9.17, 15) is 9.18 Å². The van der Waals surface area contributed by atoms with Crippen molar-refractivity contribution in [2.45, 2.75) is 32.9 Å². The minimum Gasteiger partial charge on any atom is -0.453 e. The fourth-order valence-electron chi connectivity index (χ4n) is 2.18. The number of aromatic nitrogens is 1. The highest BCUT2D eigenvalue weighted by Gasteiger charge is 2.15. The fraction of sp³-hybridized carbons (Fsp3) is 0.368. The summed E-state index contributed by atoms with van der Waals surface area (Å²) < 4.78 is 19.8. The normalized spacial score (nSPS) is 12.3. The summed E-state index contributed by atoms with van der Waals surface area (Å²) >= 11 is 0. The molecule has 1 aromatic carbocycles. The van der Waals surface area contributed by atoms with Crippen molar-refractivity contribution in [3.63, 3.8) is 0 Å². The molecule has 0 bridgehead atoms. The average molecular weight is 345 g/mol. The Bertz CT molecular complexity index is 707. The molecule has 134 valence electrons. The standard InChI is InChI=1S/C19H24FN3O2/c1-13(2)23(4)12-19(24)22-14(3)15-7-8-18(17(20)10-15)25-16-6-5-9-21-11-16/h5-11,13-14H,12H2,1-4H3,(H,22,24)/t14-/m0/s1. The number of halogens is 1. The fourth-order valence-corrected chi connectivity index (χ4v) is 2.18. The number of benzene rings is 1. The predicted octanol–water partition coefficient (Wildman–Crippen LogP) is 3.53. The molecule has 2 aromatic rings. The van der Waals surface area contributed by atoms with Crippen molar-refractivity contribution in [3.8, 4) is 11.5 Å². The number of nitrogens with zero attached hydrogens (tertiary/aromatic N) is 2. The molecular weight excluding hydrogens is 321 g/mol. The van der Waals surface area contributed by atoms with E-state index in [2.05, 4.69) is 10.3 Å². The minimum atomic E-state index is -0.484. The SMILES string of the molecule is CC(C)N(C)CC(=O)N[C@@H](C)c1ccc(Oc2cccnc2)c(F)c1. The number of ether oxygens (including phenoxy) is 1. The van der Waals surface area contributed by atoms with Gasteiger partial charge in [0.1, 0.15) is 5.75 Å². The molecule has 1 heterocycles. The second-order valence-corrected chi connectivity index (χ2v) is 6.28. The van der Waals surface area contributed by atoms with Gasteiger partial charge in [-0.25, -0.2) is 4.39 Å². The Hall–Kier alpha value is -2.47. The number of amides is 1. The third kappa shape index (κ3) is 5.53. The van der Waals surface area contributed by atoms with E-state index in [0.29, 0.717) is 17.9 Å². The smallest absolute Gasteiger partial charge is 0.234 e. The van der Waals surface area contributed by atoms with Gasteiger partial charge in [-0.2, -0.15) is 0 Å². The predicted molar refractivity (Wildman–Crippen MR) is 95.0 cm³/mol. The lowest BCUT2D eigenvalue weighted by molar-refractivity contribution is -0.122. The Balaban J connectivity index is 2.00. The zero-order valence-electron chi connectivity index (χ0n) is 15.0. The first-order valence-electron chi connectivity index (χ1n) is 8.23. The number of likely N-dealkylation sites (N-methyl/N-ethyl adjacent to an activating group) is 1. The van der Waals surface area contributed by atoms with Gasteiger partial charge in [-0.1, -0.05) is 6.07 Å². The highest BCUT2D eigenvalue weighted by Crippen LogP contribution is 2.26. The minimum absolute atomic E-state index is 0.0974. The molecule has 0 unspecified atom stereocenters. The molecule has 0 aliphatic carbocycles. The summed E-state index contributed by atoms with van der Waals surface area (Å²) in [7, 11) is 1.89. The van der Waals surface area contributed by atoms with E-state index in [1.807, 2.05) is 32.7 Å². The molecule has 1 N–H and O–H groups in total. The molecule has 0 fully saturated rings. The first-order chi connectivity index (χ1) is 11.9. The number of hydrogen-bond donors (Lipinski definition) is 1. The van der Waals surface area contributed by atoms with Crippen molar-refractivity contribution in [2.24, 2.45) is 0 Å². The van der Waals surface area contributed by atoms with Crippen LogP contribution in [-0.4, -0.2) is 35.4 Å². The molecule has 0 spiro atoms. The van der Waals surface area contributed by atoms with Gasteiger partial charge in [0.15, 0.2) is 11.6 Å². The second-order valence-electron chi connectivity index (χ2n) is 6.28. The van der Waals surface area contributed by atoms with Crippen LogP contribution >= 0.6 is 0 Å². The molecule has 0 aliphatic rings. The van der Waals surface area contributed by atoms with Gasteiger partial charge >= 0.3 is 0 Å². The quantitative estimate of drug-likeness (QED) is 0.834. The summed E-state index contributed by atoms with van der Waals surface area (Å²) in [6, 6.07) is 8.08. The number of carbonyl (C=O) groups excluding carboxylic acids is 1. The van der Waals surface area contributed by atoms with E-state index in [4.69, 9.17) is 4.74 Å². The molecule has 0 saturated heterocycles. The first-order valence-corrected chi connectivity index (χ1v) is 8.23. The van der Waals surface area contributed by atoms with Gasteiger partial charge < -0.3 is 10.1 Å². The Morgan fingerprint density at radius 3 is 2.68 bits per heavy atom. The molecule has 0 saturated carbocycles. The lowest BCUT2D eigenvalue weighted by Crippen LogP contribution is -2.39. The Kier molecular flexibility index (Phi) is 6.47. The molecule has 0 aliphatic heterocycles. The van der Waals surface area contributed by atoms with Gasteiger partial charge in [0.25, 0.3) is 0 Å². The summed E-state index contributed by atoms with van der Waals surface area (Å²) in [6.07, 6.45) is 3.13. The van der Waals surface area contributed by atoms with Crippen molar-refractivity contribution in [2.75, 3.05) is 13.6 Å². The first kappa shape index (κ1) is 18.9. The van der Waals surface area contributed by atoms with Crippen LogP contribution < -0.4 is 10.1 Å². The van der Waals surface area contributed by atoms with Crippen LogP contribution in [-0.2, 0) is 4.79 Å². The third-order valence-corrected chi connectivity index (χ3v) is 3.97. The summed E-state index contributed by atoms with van der Waals surface area (Å²) in [5.41, 5.74) is 0.677. The summed E-state index contributed by atoms with van der Waals surface area (Å²) in [5.74, 6) is 0.00332. The van der Waals surface area contributed by atoms with Crippen molar-refractivity contribution in [3.05, 3.63) is 54.1 Å². The zero-order chi connectivity index (χ0) is 18.4. The van der Waals surface area contributed by atoms with Crippen LogP contribution in [0.3, 0.4) is 0 Å². The highest BCUT2D eigenvalue weighted by molar-refractivity contribution is 5.78. The number of carbonyl (C=O) groups is 1. The van der Waals surface area contributed by atoms with Crippen LogP contribution in [0.15, 0.2) is 42.7 Å². The maximum atomic E-state index is 14.3. The van der Waals surface area contributed by atoms with Crippen LogP contribution in [0, 0.1) is 5.82 Å². The third-order valence-electron chi connectivity index (χ3n) is 3.97. The van der Waals surface area contributed by atoms with E-state index in [0.717, 1.165) is 0 Å². The maximum Gasteiger partial charge on any atom is 0.234 e. The van der Waals surface area contributed by atoms with Gasteiger partial charge in [-0.3, -0.25) is 14.7 Å². The number of hydrogen-bond acceptors (Lipinski definition) is 4. The molecule has 25 heavy (non-hydrogen) atoms. The maximum absolute atomic E-state index is 14.3. The Labute approximate surface area is 147 Å². The van der Waals surface area contributed by atoms with Crippen LogP contribution in [0.4, 0.5) is 4.39 Å². The average Bonchev–Trinajstić information content (AvgIpc) is 2.57. The largest absolute Gasteiger partial charge is 0.453 e. The molecule has 1 aromatic heterocycles. The summed E-state index contributed by atoms with van der Waals surface area (Å²) in [6.45, 7) is 6.16. The van der Waals surface area contributed by atoms with E-state index in [-0.39, 0.29) is 23.7 Å². The van der Waals surface area contributed by atoms with Crippen LogP contribution in [0.5, 0.6) is 11.5 Å². The Morgan fingerprint density at radius 1 is 1.32 bits per heavy atom. The molecule has 1 atom stereocenters. The lowest BCUT2D eigenvalue weighted by atomic mass is 10.1. The van der Waals surface area contributed by atoms with Crippen molar-refractivity contribution in [1.29, 1.82) is 0 Å². The lowest BCUT2D eigenvalue weighted by Gasteiger charge is -2.22. The van der Waals surface area contributed by atoms with Crippen LogP contribution in [0.25, 0.3) is 0 Å². The Morgan fingerprint density at radius 2 is 2.08 bits per heavy atom. The molecule has 2 rings (SSSR count). The number of pyridine rings is 1. The highest BCUT2D eigenvalue weighted by atomic mass is 19.1. The molecule has 6 heteroatoms. The van der Waals surface area contributed by atoms with E-state index in [1.54, 1.807) is 30.5 Å². The van der Waals surface area contributed by atoms with E-state index < -0.39 is 5.82 Å². The van der Waals surface area contributed by atoms with Crippen LogP contribution in [0.2, 0.25) is 0 Å². The molecular formula is C19H24FN3O2. The molecule has 5 nitrogen and oxygen atoms in total. The van der Waals surface area contributed by atoms with Gasteiger partial charge in [-0.05, 0) is 57.6 Å². The van der Waals surface area contributed by atoms with Gasteiger partial charge in [0, 0.05) is 12.2 Å². The van der Waals surface area contributed by atoms with Gasteiger partial charge in [0.2, 0.25) is 5.91 Å². The van der Waals surface area contributed by atoms with Crippen molar-refractivity contribution < 1.29 is 13.9 Å². The van der Waals surface area contributed by atoms with Crippen molar-refractivity contribution >= 4 is 5.91 Å². The van der Waals surface area contributed by atoms with E-state index in [1.165, 1.54) is 12.3 Å². The van der Waals surface area contributed by atoms with Gasteiger partial charge in [-0.15, -0.1) is 0 Å². The number of nitrogens with one attached hydrogen (secondary N) is 1.